The maximum Gasteiger partial charge on any atom is 0.204 e. The van der Waals surface area contributed by atoms with E-state index in [1.807, 2.05) is 0 Å². The predicted octanol–water partition coefficient (Wildman–Crippen LogP) is 0.479. The predicted molar refractivity (Wildman–Crippen MR) is 52.3 cm³/mol. The monoisotopic (exact) mass is 211 g/mol. The summed E-state index contributed by atoms with van der Waals surface area (Å²) in [4.78, 5) is 0.411. The number of sulfone groups is 1. The molecule has 0 spiro atoms. The fourth-order valence-electron chi connectivity index (χ4n) is 1.45. The maximum absolute atomic E-state index is 11.7. The molecule has 0 aromatic heterocycles. The summed E-state index contributed by atoms with van der Waals surface area (Å²) in [6, 6.07) is 4.15. The molecule has 0 radical (unpaired) electrons. The van der Waals surface area contributed by atoms with Crippen molar-refractivity contribution in [1.82, 2.24) is 0 Å². The number of rotatable bonds is 1. The number of phenols is 1. The van der Waals surface area contributed by atoms with Gasteiger partial charge in [0.15, 0.2) is 0 Å². The van der Waals surface area contributed by atoms with E-state index in [4.69, 9.17) is 5.73 Å². The van der Waals surface area contributed by atoms with Crippen molar-refractivity contribution in [3.63, 3.8) is 0 Å². The Morgan fingerprint density at radius 3 is 2.71 bits per heavy atom. The minimum Gasteiger partial charge on any atom is -0.508 e. The number of hydrogen-bond donors (Lipinski definition) is 2. The van der Waals surface area contributed by atoms with Crippen LogP contribution in [0.2, 0.25) is 0 Å². The summed E-state index contributed by atoms with van der Waals surface area (Å²) in [6.07, 6.45) is 1.49. The molecular formula is C9H9NO3S. The minimum absolute atomic E-state index is 0.0161. The van der Waals surface area contributed by atoms with E-state index in [1.54, 1.807) is 0 Å². The Morgan fingerprint density at radius 1 is 1.36 bits per heavy atom. The SMILES string of the molecule is NCC1=Cc2cc(O)ccc2S1(=O)=O. The first-order valence-corrected chi connectivity index (χ1v) is 5.53. The lowest BCUT2D eigenvalue weighted by Crippen LogP contribution is -2.10. The van der Waals surface area contributed by atoms with Crippen LogP contribution in [-0.2, 0) is 9.84 Å². The Balaban J connectivity index is 2.71. The van der Waals surface area contributed by atoms with Gasteiger partial charge in [-0.15, -0.1) is 0 Å². The van der Waals surface area contributed by atoms with Crippen LogP contribution in [0.3, 0.4) is 0 Å². The molecular weight excluding hydrogens is 202 g/mol. The zero-order valence-corrected chi connectivity index (χ0v) is 8.08. The summed E-state index contributed by atoms with van der Waals surface area (Å²) in [7, 11) is -3.39. The zero-order chi connectivity index (χ0) is 10.3. The second-order valence-electron chi connectivity index (χ2n) is 3.04. The van der Waals surface area contributed by atoms with Gasteiger partial charge >= 0.3 is 0 Å². The van der Waals surface area contributed by atoms with Gasteiger partial charge in [0.05, 0.1) is 9.80 Å². The Morgan fingerprint density at radius 2 is 2.07 bits per heavy atom. The molecule has 0 saturated heterocycles. The van der Waals surface area contributed by atoms with Crippen molar-refractivity contribution in [3.8, 4) is 5.75 Å². The largest absolute Gasteiger partial charge is 0.508 e. The molecule has 3 N–H and O–H groups in total. The van der Waals surface area contributed by atoms with Gasteiger partial charge in [0.2, 0.25) is 9.84 Å². The zero-order valence-electron chi connectivity index (χ0n) is 7.27. The average Bonchev–Trinajstić information content (AvgIpc) is 2.37. The van der Waals surface area contributed by atoms with Crippen molar-refractivity contribution in [2.75, 3.05) is 6.54 Å². The highest BCUT2D eigenvalue weighted by atomic mass is 32.2. The van der Waals surface area contributed by atoms with Crippen molar-refractivity contribution < 1.29 is 13.5 Å². The Kier molecular flexibility index (Phi) is 1.87. The topological polar surface area (TPSA) is 80.4 Å². The van der Waals surface area contributed by atoms with E-state index in [1.165, 1.54) is 24.3 Å². The molecule has 0 bridgehead atoms. The smallest absolute Gasteiger partial charge is 0.204 e. The van der Waals surface area contributed by atoms with E-state index in [0.717, 1.165) is 0 Å². The maximum atomic E-state index is 11.7. The fourth-order valence-corrected chi connectivity index (χ4v) is 2.91. The minimum atomic E-state index is -3.39. The first-order chi connectivity index (χ1) is 6.55. The quantitative estimate of drug-likeness (QED) is 0.708. The summed E-state index contributed by atoms with van der Waals surface area (Å²) < 4.78 is 23.4. The van der Waals surface area contributed by atoms with Crippen molar-refractivity contribution in [3.05, 3.63) is 28.7 Å². The van der Waals surface area contributed by atoms with Crippen molar-refractivity contribution in [2.24, 2.45) is 5.73 Å². The van der Waals surface area contributed by atoms with Crippen LogP contribution in [0, 0.1) is 0 Å². The second kappa shape index (κ2) is 2.83. The lowest BCUT2D eigenvalue weighted by Gasteiger charge is -2.00. The average molecular weight is 211 g/mol. The van der Waals surface area contributed by atoms with Gasteiger partial charge in [-0.05, 0) is 29.8 Å². The van der Waals surface area contributed by atoms with Gasteiger partial charge in [-0.1, -0.05) is 0 Å². The summed E-state index contributed by atoms with van der Waals surface area (Å²) in [6.45, 7) is -0.0161. The highest BCUT2D eigenvalue weighted by molar-refractivity contribution is 7.95. The van der Waals surface area contributed by atoms with Crippen LogP contribution >= 0.6 is 0 Å². The van der Waals surface area contributed by atoms with E-state index in [2.05, 4.69) is 0 Å². The molecule has 0 fully saturated rings. The van der Waals surface area contributed by atoms with Gasteiger partial charge in [0.25, 0.3) is 0 Å². The molecule has 0 aliphatic carbocycles. The Bertz CT molecular complexity index is 517. The van der Waals surface area contributed by atoms with E-state index >= 15 is 0 Å². The summed E-state index contributed by atoms with van der Waals surface area (Å²) in [5, 5.41) is 9.17. The lowest BCUT2D eigenvalue weighted by atomic mass is 10.2. The standard InChI is InChI=1S/C9H9NO3S/c10-5-8-4-6-3-7(11)1-2-9(6)14(8,12)13/h1-4,11H,5,10H2. The third-order valence-corrected chi connectivity index (χ3v) is 4.07. The van der Waals surface area contributed by atoms with Crippen molar-refractivity contribution in [2.45, 2.75) is 4.90 Å². The molecule has 1 aliphatic rings. The molecule has 4 nitrogen and oxygen atoms in total. The van der Waals surface area contributed by atoms with E-state index in [0.29, 0.717) is 5.56 Å². The highest BCUT2D eigenvalue weighted by Crippen LogP contribution is 2.33. The molecule has 1 aromatic rings. The Hall–Kier alpha value is -1.33. The molecule has 0 amide bonds. The second-order valence-corrected chi connectivity index (χ2v) is 5.01. The number of hydrogen-bond acceptors (Lipinski definition) is 4. The molecule has 1 heterocycles. The van der Waals surface area contributed by atoms with Crippen LogP contribution in [0.5, 0.6) is 5.75 Å². The van der Waals surface area contributed by atoms with Crippen LogP contribution < -0.4 is 5.73 Å². The normalized spacial score (nSPS) is 17.6. The van der Waals surface area contributed by atoms with Gasteiger partial charge in [-0.25, -0.2) is 8.42 Å². The summed E-state index contributed by atoms with van der Waals surface area (Å²) in [5.41, 5.74) is 5.82. The van der Waals surface area contributed by atoms with Crippen LogP contribution in [0.4, 0.5) is 0 Å². The van der Waals surface area contributed by atoms with Crippen LogP contribution in [0.15, 0.2) is 28.0 Å². The number of phenolic OH excluding ortho intramolecular Hbond substituents is 1. The highest BCUT2D eigenvalue weighted by Gasteiger charge is 2.28. The third-order valence-electron chi connectivity index (χ3n) is 2.15. The molecule has 74 valence electrons. The van der Waals surface area contributed by atoms with Gasteiger partial charge in [0, 0.05) is 6.54 Å². The first-order valence-electron chi connectivity index (χ1n) is 4.04. The van der Waals surface area contributed by atoms with Crippen LogP contribution in [-0.4, -0.2) is 20.1 Å². The van der Waals surface area contributed by atoms with Gasteiger partial charge in [-0.2, -0.15) is 0 Å². The molecule has 0 atom stereocenters. The number of fused-ring (bicyclic) bond motifs is 1. The van der Waals surface area contributed by atoms with E-state index in [9.17, 15) is 13.5 Å². The first kappa shape index (κ1) is 9.23. The number of nitrogens with two attached hydrogens (primary N) is 1. The Labute approximate surface area is 81.6 Å². The van der Waals surface area contributed by atoms with Crippen LogP contribution in [0.1, 0.15) is 5.56 Å². The van der Waals surface area contributed by atoms with Gasteiger partial charge in [0.1, 0.15) is 5.75 Å². The van der Waals surface area contributed by atoms with E-state index in [-0.39, 0.29) is 22.1 Å². The fraction of sp³-hybridized carbons (Fsp3) is 0.111. The van der Waals surface area contributed by atoms with Crippen LogP contribution in [0.25, 0.3) is 6.08 Å². The van der Waals surface area contributed by atoms with E-state index < -0.39 is 9.84 Å². The summed E-state index contributed by atoms with van der Waals surface area (Å²) >= 11 is 0. The summed E-state index contributed by atoms with van der Waals surface area (Å²) in [5.74, 6) is 0.0495. The molecule has 5 heteroatoms. The van der Waals surface area contributed by atoms with Crippen molar-refractivity contribution in [1.29, 1.82) is 0 Å². The molecule has 0 unspecified atom stereocenters. The van der Waals surface area contributed by atoms with Gasteiger partial charge < -0.3 is 10.8 Å². The number of benzene rings is 1. The molecule has 1 aromatic carbocycles. The lowest BCUT2D eigenvalue weighted by molar-refractivity contribution is 0.474. The molecule has 2 rings (SSSR count). The number of aromatic hydroxyl groups is 1. The molecule has 1 aliphatic heterocycles. The third kappa shape index (κ3) is 1.13. The van der Waals surface area contributed by atoms with Crippen molar-refractivity contribution >= 4 is 15.9 Å². The molecule has 0 saturated carbocycles. The molecule has 14 heavy (non-hydrogen) atoms. The van der Waals surface area contributed by atoms with Gasteiger partial charge in [-0.3, -0.25) is 0 Å².